The number of carbonyl (C=O) groups is 2. The molecule has 148 valence electrons. The molecular weight excluding hydrogens is 392 g/mol. The van der Waals surface area contributed by atoms with Crippen molar-refractivity contribution in [2.45, 2.75) is 25.3 Å². The van der Waals surface area contributed by atoms with Crippen LogP contribution in [0.3, 0.4) is 0 Å². The lowest BCUT2D eigenvalue weighted by molar-refractivity contribution is -0.384. The molecule has 2 atom stereocenters. The predicted octanol–water partition coefficient (Wildman–Crippen LogP) is 3.64. The standard InChI is InChI=1S/C21H18N2O5S/c1-13-18(21(25)28-12-15-7-9-16(10-8-15)23(26)27)22-19(24)17(20(22)29-13)11-14-5-3-2-4-6-14/h2-10,17,20H,11-12H2,1H3/t17?,20-/m0/s1. The first-order valence-corrected chi connectivity index (χ1v) is 9.98. The second-order valence-corrected chi connectivity index (χ2v) is 8.25. The van der Waals surface area contributed by atoms with Crippen LogP contribution in [-0.2, 0) is 27.4 Å². The van der Waals surface area contributed by atoms with Crippen LogP contribution >= 0.6 is 11.8 Å². The van der Waals surface area contributed by atoms with Crippen LogP contribution in [0.25, 0.3) is 0 Å². The highest BCUT2D eigenvalue weighted by Crippen LogP contribution is 2.50. The number of allylic oxidation sites excluding steroid dienone is 1. The van der Waals surface area contributed by atoms with Crippen molar-refractivity contribution in [1.29, 1.82) is 0 Å². The fraction of sp³-hybridized carbons (Fsp3) is 0.238. The number of ether oxygens (including phenoxy) is 1. The molecule has 2 aliphatic rings. The molecule has 1 amide bonds. The van der Waals surface area contributed by atoms with Crippen LogP contribution in [0.1, 0.15) is 18.1 Å². The monoisotopic (exact) mass is 410 g/mol. The molecule has 4 rings (SSSR count). The van der Waals surface area contributed by atoms with E-state index in [1.807, 2.05) is 37.3 Å². The van der Waals surface area contributed by atoms with E-state index >= 15 is 0 Å². The summed E-state index contributed by atoms with van der Waals surface area (Å²) in [4.78, 5) is 37.8. The molecule has 0 radical (unpaired) electrons. The molecule has 2 aromatic rings. The number of nitrogens with zero attached hydrogens (tertiary/aromatic N) is 2. The zero-order chi connectivity index (χ0) is 20.5. The summed E-state index contributed by atoms with van der Waals surface area (Å²) in [5.74, 6) is -0.773. The summed E-state index contributed by atoms with van der Waals surface area (Å²) >= 11 is 1.52. The van der Waals surface area contributed by atoms with Gasteiger partial charge < -0.3 is 4.74 Å². The van der Waals surface area contributed by atoms with Crippen LogP contribution in [0.5, 0.6) is 0 Å². The van der Waals surface area contributed by atoms with Crippen molar-refractivity contribution < 1.29 is 19.2 Å². The highest BCUT2D eigenvalue weighted by Gasteiger charge is 2.55. The number of rotatable bonds is 6. The van der Waals surface area contributed by atoms with Crippen molar-refractivity contribution in [2.24, 2.45) is 5.92 Å². The van der Waals surface area contributed by atoms with E-state index in [1.165, 1.54) is 28.8 Å². The van der Waals surface area contributed by atoms with Gasteiger partial charge in [0.25, 0.3) is 5.69 Å². The van der Waals surface area contributed by atoms with Gasteiger partial charge in [-0.3, -0.25) is 19.8 Å². The summed E-state index contributed by atoms with van der Waals surface area (Å²) in [7, 11) is 0. The summed E-state index contributed by atoms with van der Waals surface area (Å²) in [6.45, 7) is 1.80. The maximum absolute atomic E-state index is 12.7. The first-order valence-electron chi connectivity index (χ1n) is 9.10. The Morgan fingerprint density at radius 3 is 2.48 bits per heavy atom. The number of hydrogen-bond donors (Lipinski definition) is 0. The number of fused-ring (bicyclic) bond motifs is 1. The number of benzene rings is 2. The van der Waals surface area contributed by atoms with Gasteiger partial charge in [0.15, 0.2) is 0 Å². The van der Waals surface area contributed by atoms with E-state index < -0.39 is 10.9 Å². The third kappa shape index (κ3) is 3.63. The number of amides is 1. The van der Waals surface area contributed by atoms with Crippen molar-refractivity contribution in [1.82, 2.24) is 4.90 Å². The Morgan fingerprint density at radius 1 is 1.14 bits per heavy atom. The summed E-state index contributed by atoms with van der Waals surface area (Å²) in [5.41, 5.74) is 2.01. The number of nitro benzene ring substituents is 1. The number of carbonyl (C=O) groups excluding carboxylic acids is 2. The molecule has 0 bridgehead atoms. The van der Waals surface area contributed by atoms with Crippen LogP contribution in [0.15, 0.2) is 65.2 Å². The number of hydrogen-bond acceptors (Lipinski definition) is 6. The van der Waals surface area contributed by atoms with Gasteiger partial charge in [-0.1, -0.05) is 30.3 Å². The van der Waals surface area contributed by atoms with Crippen molar-refractivity contribution in [3.63, 3.8) is 0 Å². The van der Waals surface area contributed by atoms with Crippen molar-refractivity contribution >= 4 is 29.3 Å². The van der Waals surface area contributed by atoms with Crippen molar-refractivity contribution in [3.05, 3.63) is 86.4 Å². The summed E-state index contributed by atoms with van der Waals surface area (Å²) in [5, 5.41) is 10.6. The molecule has 0 aliphatic carbocycles. The SMILES string of the molecule is CC1=C(C(=O)OCc2ccc([N+](=O)[O-])cc2)N2C(=O)C(Cc3ccccc3)[C@@H]2S1. The normalized spacial score (nSPS) is 20.3. The summed E-state index contributed by atoms with van der Waals surface area (Å²) < 4.78 is 5.36. The molecule has 1 saturated heterocycles. The second-order valence-electron chi connectivity index (χ2n) is 6.92. The maximum atomic E-state index is 12.7. The molecule has 1 fully saturated rings. The lowest BCUT2D eigenvalue weighted by Gasteiger charge is -2.42. The van der Waals surface area contributed by atoms with Crippen molar-refractivity contribution in [2.75, 3.05) is 0 Å². The first-order chi connectivity index (χ1) is 14.0. The number of non-ortho nitro benzene ring substituents is 1. The van der Waals surface area contributed by atoms with Gasteiger partial charge in [-0.2, -0.15) is 0 Å². The lowest BCUT2D eigenvalue weighted by atomic mass is 9.90. The predicted molar refractivity (Wildman–Crippen MR) is 107 cm³/mol. The number of esters is 1. The molecule has 0 saturated carbocycles. The van der Waals surface area contributed by atoms with Crippen LogP contribution in [-0.4, -0.2) is 27.1 Å². The molecule has 0 N–H and O–H groups in total. The number of nitro groups is 1. The second kappa shape index (κ2) is 7.71. The van der Waals surface area contributed by atoms with Crippen LogP contribution in [0.2, 0.25) is 0 Å². The highest BCUT2D eigenvalue weighted by atomic mass is 32.2. The third-order valence-electron chi connectivity index (χ3n) is 5.03. The fourth-order valence-electron chi connectivity index (χ4n) is 3.53. The van der Waals surface area contributed by atoms with Gasteiger partial charge in [0.05, 0.1) is 16.2 Å². The summed E-state index contributed by atoms with van der Waals surface area (Å²) in [6, 6.07) is 15.6. The van der Waals surface area contributed by atoms with Gasteiger partial charge in [-0.05, 0) is 36.6 Å². The van der Waals surface area contributed by atoms with Gasteiger partial charge in [-0.15, -0.1) is 11.8 Å². The van der Waals surface area contributed by atoms with Crippen LogP contribution in [0.4, 0.5) is 5.69 Å². The molecule has 0 aromatic heterocycles. The molecule has 2 aromatic carbocycles. The Hall–Kier alpha value is -3.13. The largest absolute Gasteiger partial charge is 0.456 e. The van der Waals surface area contributed by atoms with E-state index in [-0.39, 0.29) is 29.5 Å². The molecule has 2 aliphatic heterocycles. The molecule has 8 heteroatoms. The molecular formula is C21H18N2O5S. The topological polar surface area (TPSA) is 89.8 Å². The number of β-lactam (4-membered cyclic amide) rings is 1. The van der Waals surface area contributed by atoms with Gasteiger partial charge >= 0.3 is 5.97 Å². The van der Waals surface area contributed by atoms with Crippen LogP contribution < -0.4 is 0 Å². The Morgan fingerprint density at radius 2 is 1.83 bits per heavy atom. The van der Waals surface area contributed by atoms with E-state index in [0.717, 1.165) is 10.5 Å². The zero-order valence-electron chi connectivity index (χ0n) is 15.6. The number of thioether (sulfide) groups is 1. The Labute approximate surface area is 171 Å². The summed E-state index contributed by atoms with van der Waals surface area (Å²) in [6.07, 6.45) is 0.645. The van der Waals surface area contributed by atoms with Gasteiger partial charge in [0.2, 0.25) is 5.91 Å². The minimum absolute atomic E-state index is 0.0155. The maximum Gasteiger partial charge on any atom is 0.356 e. The van der Waals surface area contributed by atoms with E-state index in [2.05, 4.69) is 0 Å². The van der Waals surface area contributed by atoms with Crippen molar-refractivity contribution in [3.8, 4) is 0 Å². The minimum Gasteiger partial charge on any atom is -0.456 e. The fourth-order valence-corrected chi connectivity index (χ4v) is 4.88. The quantitative estimate of drug-likeness (QED) is 0.313. The third-order valence-corrected chi connectivity index (χ3v) is 6.36. The smallest absolute Gasteiger partial charge is 0.356 e. The Kier molecular flexibility index (Phi) is 5.10. The highest BCUT2D eigenvalue weighted by molar-refractivity contribution is 8.04. The minimum atomic E-state index is -0.553. The van der Waals surface area contributed by atoms with E-state index in [4.69, 9.17) is 4.74 Å². The molecule has 29 heavy (non-hydrogen) atoms. The van der Waals surface area contributed by atoms with E-state index in [9.17, 15) is 19.7 Å². The molecule has 7 nitrogen and oxygen atoms in total. The van der Waals surface area contributed by atoms with Gasteiger partial charge in [-0.25, -0.2) is 4.79 Å². The van der Waals surface area contributed by atoms with E-state index in [0.29, 0.717) is 17.7 Å². The van der Waals surface area contributed by atoms with Gasteiger partial charge in [0, 0.05) is 17.0 Å². The molecule has 2 heterocycles. The Bertz CT molecular complexity index is 1000. The molecule has 1 unspecified atom stereocenters. The van der Waals surface area contributed by atoms with Crippen LogP contribution in [0, 0.1) is 16.0 Å². The average Bonchev–Trinajstić information content (AvgIpc) is 3.04. The zero-order valence-corrected chi connectivity index (χ0v) is 16.4. The van der Waals surface area contributed by atoms with Gasteiger partial charge in [0.1, 0.15) is 12.3 Å². The average molecular weight is 410 g/mol. The Balaban J connectivity index is 1.39. The lowest BCUT2D eigenvalue weighted by Crippen LogP contribution is -2.58. The molecule has 0 spiro atoms. The first kappa shape index (κ1) is 19.2. The van der Waals surface area contributed by atoms with E-state index in [1.54, 1.807) is 12.1 Å².